The summed E-state index contributed by atoms with van der Waals surface area (Å²) in [5.74, 6) is -8.14. The fourth-order valence-electron chi connectivity index (χ4n) is 11.2. The Labute approximate surface area is 413 Å². The summed E-state index contributed by atoms with van der Waals surface area (Å²) in [5.41, 5.74) is 2.25. The number of piperidine rings is 1. The number of aliphatic hydroxyl groups excluding tert-OH is 2. The zero-order chi connectivity index (χ0) is 51.0. The van der Waals surface area contributed by atoms with Gasteiger partial charge in [0.2, 0.25) is 5.79 Å². The Hall–Kier alpha value is -4.48. The quantitative estimate of drug-likeness (QED) is 0.121. The Morgan fingerprint density at radius 1 is 0.900 bits per heavy atom. The number of allylic oxidation sites excluding steroid dienone is 4. The summed E-state index contributed by atoms with van der Waals surface area (Å²) in [6, 6.07) is 6.90. The minimum absolute atomic E-state index is 0.0308. The Morgan fingerprint density at radius 3 is 2.30 bits per heavy atom. The molecule has 3 aliphatic heterocycles. The van der Waals surface area contributed by atoms with Gasteiger partial charge in [-0.1, -0.05) is 45.1 Å². The molecular weight excluding hydrogens is 897 g/mol. The van der Waals surface area contributed by atoms with E-state index < -0.39 is 89.8 Å². The molecule has 2 aromatic rings. The Kier molecular flexibility index (Phi) is 19.0. The van der Waals surface area contributed by atoms with Gasteiger partial charge in [0.1, 0.15) is 35.9 Å². The van der Waals surface area contributed by atoms with Crippen LogP contribution in [-0.4, -0.2) is 137 Å². The highest BCUT2D eigenvalue weighted by Crippen LogP contribution is 2.40. The molecule has 1 aromatic heterocycles. The molecule has 6 rings (SSSR count). The lowest BCUT2D eigenvalue weighted by Crippen LogP contribution is -2.64. The molecule has 3 fully saturated rings. The average molecular weight is 975 g/mol. The fourth-order valence-corrected chi connectivity index (χ4v) is 11.2. The maximum Gasteiger partial charge on any atom is 0.329 e. The summed E-state index contributed by atoms with van der Waals surface area (Å²) in [5, 5.41) is 36.8. The van der Waals surface area contributed by atoms with Crippen molar-refractivity contribution in [2.24, 2.45) is 29.6 Å². The molecule has 0 spiro atoms. The summed E-state index contributed by atoms with van der Waals surface area (Å²) in [6.07, 6.45) is 6.46. The number of aromatic nitrogens is 1. The van der Waals surface area contributed by atoms with E-state index in [0.717, 1.165) is 23.1 Å². The third-order valence-corrected chi connectivity index (χ3v) is 15.5. The van der Waals surface area contributed by atoms with E-state index in [1.165, 1.54) is 19.1 Å². The van der Waals surface area contributed by atoms with Gasteiger partial charge in [-0.15, -0.1) is 13.2 Å². The number of esters is 1. The lowest BCUT2D eigenvalue weighted by Gasteiger charge is -2.47. The van der Waals surface area contributed by atoms with Crippen LogP contribution in [0.15, 0.2) is 79.1 Å². The van der Waals surface area contributed by atoms with Crippen LogP contribution in [0.25, 0.3) is 10.9 Å². The number of hydrogen-bond acceptors (Lipinski definition) is 13. The van der Waals surface area contributed by atoms with Crippen LogP contribution in [-0.2, 0) is 49.4 Å². The van der Waals surface area contributed by atoms with Crippen molar-refractivity contribution >= 4 is 34.3 Å². The molecule has 15 unspecified atom stereocenters. The van der Waals surface area contributed by atoms with E-state index in [0.29, 0.717) is 43.4 Å². The van der Waals surface area contributed by atoms with Gasteiger partial charge in [0.15, 0.2) is 0 Å². The first-order chi connectivity index (χ1) is 33.4. The van der Waals surface area contributed by atoms with Gasteiger partial charge < -0.3 is 53.2 Å². The SMILES string of the molecule is C=CCC1C=C(C)C(O)C(C)CC(OC)C2OC(O)(C(=O)C(=O)N3CCCCC3C(=O)OC(C(C)=CC3CCC(Oc4ccc5c(ccn5CC=C)c4)C(OC)C3)C(C)C(O)CC1=O)C(C)CC2OC. The number of ketones is 2. The molecule has 70 heavy (non-hydrogen) atoms. The van der Waals surface area contributed by atoms with Crippen LogP contribution < -0.4 is 4.74 Å². The minimum Gasteiger partial charge on any atom is -0.488 e. The molecule has 4 aliphatic rings. The minimum atomic E-state index is -2.59. The van der Waals surface area contributed by atoms with Crippen molar-refractivity contribution in [3.8, 4) is 5.75 Å². The van der Waals surface area contributed by atoms with Gasteiger partial charge in [0.25, 0.3) is 11.7 Å². The molecule has 15 atom stereocenters. The average Bonchev–Trinajstić information content (AvgIpc) is 3.75. The summed E-state index contributed by atoms with van der Waals surface area (Å²) < 4.78 is 39.0. The second kappa shape index (κ2) is 24.3. The number of nitrogens with zero attached hydrogens (tertiary/aromatic N) is 2. The summed E-state index contributed by atoms with van der Waals surface area (Å²) in [6.45, 7) is 17.2. The van der Waals surface area contributed by atoms with E-state index >= 15 is 0 Å². The zero-order valence-corrected chi connectivity index (χ0v) is 42.5. The van der Waals surface area contributed by atoms with Gasteiger partial charge in [-0.3, -0.25) is 14.4 Å². The molecule has 1 aliphatic carbocycles. The maximum absolute atomic E-state index is 14.6. The second-order valence-corrected chi connectivity index (χ2v) is 20.3. The van der Waals surface area contributed by atoms with Crippen LogP contribution in [0, 0.1) is 29.6 Å². The predicted molar refractivity (Wildman–Crippen MR) is 265 cm³/mol. The molecule has 15 nitrogen and oxygen atoms in total. The van der Waals surface area contributed by atoms with E-state index in [-0.39, 0.29) is 62.6 Å². The number of fused-ring (bicyclic) bond motifs is 4. The largest absolute Gasteiger partial charge is 0.488 e. The van der Waals surface area contributed by atoms with E-state index in [1.807, 2.05) is 50.4 Å². The van der Waals surface area contributed by atoms with E-state index in [9.17, 15) is 34.5 Å². The Morgan fingerprint density at radius 2 is 1.61 bits per heavy atom. The van der Waals surface area contributed by atoms with Crippen molar-refractivity contribution in [3.05, 3.63) is 79.1 Å². The summed E-state index contributed by atoms with van der Waals surface area (Å²) >= 11 is 0. The molecule has 1 aromatic carbocycles. The van der Waals surface area contributed by atoms with Crippen molar-refractivity contribution in [1.82, 2.24) is 9.47 Å². The van der Waals surface area contributed by atoms with Crippen LogP contribution in [0.4, 0.5) is 0 Å². The molecule has 386 valence electrons. The first-order valence-corrected chi connectivity index (χ1v) is 25.2. The molecule has 0 radical (unpaired) electrons. The van der Waals surface area contributed by atoms with Gasteiger partial charge in [-0.05, 0) is 119 Å². The van der Waals surface area contributed by atoms with Crippen LogP contribution in [0.2, 0.25) is 0 Å². The number of Topliss-reactive ketones (excluding diaryl/α,β-unsaturated/α-hetero) is 2. The standard InChI is InChI=1S/C55H78N2O13/c1-11-15-39-26-32(3)49(60)33(4)27-47(66-9)51-48(67-10)28-35(6)55(64,70-51)52(61)53(62)57-23-14-13-16-42(57)54(63)69-50(36(7)43(58)31-44(39)59)34(5)25-37-17-20-45(46(29-37)65-8)68-40-18-19-41-38(30-40)21-24-56(41)22-12-2/h11-12,18-19,21,24-26,30,33,35-37,39,42-43,45-51,58,60,64H,1-2,13-17,20,22-23,27-29,31H2,3-10H3. The Balaban J connectivity index is 1.32. The van der Waals surface area contributed by atoms with Crippen molar-refractivity contribution in [2.45, 2.75) is 166 Å². The molecule has 3 N–H and O–H groups in total. The van der Waals surface area contributed by atoms with Crippen LogP contribution in [0.3, 0.4) is 0 Å². The summed E-state index contributed by atoms with van der Waals surface area (Å²) in [4.78, 5) is 58.8. The van der Waals surface area contributed by atoms with E-state index in [2.05, 4.69) is 23.8 Å². The highest BCUT2D eigenvalue weighted by Gasteiger charge is 2.57. The molecular formula is C55H78N2O13. The van der Waals surface area contributed by atoms with Crippen molar-refractivity contribution in [2.75, 3.05) is 27.9 Å². The van der Waals surface area contributed by atoms with Crippen LogP contribution >= 0.6 is 0 Å². The van der Waals surface area contributed by atoms with Gasteiger partial charge in [0, 0.05) is 75.7 Å². The normalized spacial score (nSPS) is 35.8. The number of carbonyl (C=O) groups is 4. The van der Waals surface area contributed by atoms with Crippen molar-refractivity contribution < 1.29 is 62.9 Å². The lowest BCUT2D eigenvalue weighted by molar-refractivity contribution is -0.302. The van der Waals surface area contributed by atoms with Crippen molar-refractivity contribution in [3.63, 3.8) is 0 Å². The number of aliphatic hydroxyl groups is 3. The highest BCUT2D eigenvalue weighted by atomic mass is 16.7. The van der Waals surface area contributed by atoms with Crippen molar-refractivity contribution in [1.29, 1.82) is 0 Å². The number of hydrogen-bond donors (Lipinski definition) is 3. The predicted octanol–water partition coefficient (Wildman–Crippen LogP) is 6.84. The third-order valence-electron chi connectivity index (χ3n) is 15.5. The smallest absolute Gasteiger partial charge is 0.329 e. The topological polar surface area (TPSA) is 193 Å². The first kappa shape index (κ1) is 54.8. The number of rotatable bonds is 11. The third kappa shape index (κ3) is 12.2. The molecule has 15 heteroatoms. The number of methoxy groups -OCH3 is 3. The number of amides is 1. The molecule has 1 saturated carbocycles. The van der Waals surface area contributed by atoms with E-state index in [4.69, 9.17) is 28.4 Å². The lowest BCUT2D eigenvalue weighted by atomic mass is 9.81. The Bertz CT molecular complexity index is 2230. The number of benzene rings is 1. The zero-order valence-electron chi connectivity index (χ0n) is 42.5. The fraction of sp³-hybridized carbons (Fsp3) is 0.636. The number of carbonyl (C=O) groups excluding carboxylic acids is 4. The number of cyclic esters (lactones) is 1. The van der Waals surface area contributed by atoms with Gasteiger partial charge in [0.05, 0.1) is 30.5 Å². The van der Waals surface area contributed by atoms with Gasteiger partial charge in [-0.2, -0.15) is 0 Å². The van der Waals surface area contributed by atoms with Crippen LogP contribution in [0.1, 0.15) is 98.8 Å². The molecule has 4 heterocycles. The molecule has 2 bridgehead atoms. The van der Waals surface area contributed by atoms with E-state index in [1.54, 1.807) is 40.0 Å². The summed E-state index contributed by atoms with van der Waals surface area (Å²) in [7, 11) is 4.61. The van der Waals surface area contributed by atoms with Crippen LogP contribution in [0.5, 0.6) is 5.75 Å². The second-order valence-electron chi connectivity index (χ2n) is 20.3. The maximum atomic E-state index is 14.6. The first-order valence-electron chi connectivity index (χ1n) is 25.2. The number of ether oxygens (including phenoxy) is 6. The van der Waals surface area contributed by atoms with Gasteiger partial charge >= 0.3 is 5.97 Å². The van der Waals surface area contributed by atoms with Gasteiger partial charge in [-0.25, -0.2) is 4.79 Å². The monoisotopic (exact) mass is 975 g/mol. The highest BCUT2D eigenvalue weighted by molar-refractivity contribution is 6.39. The molecule has 1 amide bonds. The molecule has 2 saturated heterocycles.